The fraction of sp³-hybridized carbons (Fsp3) is 0.320. The van der Waals surface area contributed by atoms with Gasteiger partial charge in [0.1, 0.15) is 17.3 Å². The van der Waals surface area contributed by atoms with Crippen LogP contribution in [0.3, 0.4) is 0 Å². The van der Waals surface area contributed by atoms with Crippen molar-refractivity contribution in [2.75, 3.05) is 62.3 Å². The number of rotatable bonds is 5. The lowest BCUT2D eigenvalue weighted by Gasteiger charge is -2.36. The van der Waals surface area contributed by atoms with Gasteiger partial charge >= 0.3 is 0 Å². The van der Waals surface area contributed by atoms with E-state index >= 15 is 0 Å². The third kappa shape index (κ3) is 5.06. The Bertz CT molecular complexity index is 1060. The van der Waals surface area contributed by atoms with Crippen LogP contribution in [-0.4, -0.2) is 73.3 Å². The molecule has 0 N–H and O–H groups in total. The summed E-state index contributed by atoms with van der Waals surface area (Å²) in [5, 5.41) is 0. The van der Waals surface area contributed by atoms with Crippen molar-refractivity contribution in [3.05, 3.63) is 72.4 Å². The number of para-hydroxylation sites is 1. The number of aromatic nitrogens is 2. The Hall–Kier alpha value is -3.65. The molecule has 0 unspecified atom stereocenters. The second-order valence-electron chi connectivity index (χ2n) is 8.03. The summed E-state index contributed by atoms with van der Waals surface area (Å²) in [5.74, 6) is 3.17. The summed E-state index contributed by atoms with van der Waals surface area (Å²) >= 11 is 0. The number of morpholine rings is 1. The van der Waals surface area contributed by atoms with Crippen molar-refractivity contribution < 1.29 is 14.3 Å². The third-order valence-electron chi connectivity index (χ3n) is 5.89. The van der Waals surface area contributed by atoms with Crippen LogP contribution in [0.4, 0.5) is 11.8 Å². The van der Waals surface area contributed by atoms with Gasteiger partial charge in [0.2, 0.25) is 5.95 Å². The molecule has 1 amide bonds. The van der Waals surface area contributed by atoms with E-state index in [4.69, 9.17) is 14.5 Å². The maximum absolute atomic E-state index is 13.0. The Balaban J connectivity index is 1.17. The summed E-state index contributed by atoms with van der Waals surface area (Å²) in [6.07, 6.45) is 1.81. The first-order chi connectivity index (χ1) is 16.3. The fourth-order valence-electron chi connectivity index (χ4n) is 4.04. The Morgan fingerprint density at radius 2 is 1.48 bits per heavy atom. The van der Waals surface area contributed by atoms with Crippen molar-refractivity contribution in [1.82, 2.24) is 14.9 Å². The van der Waals surface area contributed by atoms with E-state index in [1.807, 2.05) is 71.8 Å². The molecule has 2 saturated heterocycles. The first kappa shape index (κ1) is 21.2. The van der Waals surface area contributed by atoms with E-state index in [0.717, 1.165) is 43.7 Å². The normalized spacial score (nSPS) is 16.5. The Kier molecular flexibility index (Phi) is 6.34. The van der Waals surface area contributed by atoms with E-state index in [-0.39, 0.29) is 5.91 Å². The number of piperazine rings is 1. The first-order valence-corrected chi connectivity index (χ1v) is 11.3. The zero-order valence-electron chi connectivity index (χ0n) is 18.5. The maximum atomic E-state index is 13.0. The smallest absolute Gasteiger partial charge is 0.253 e. The summed E-state index contributed by atoms with van der Waals surface area (Å²) in [6.45, 7) is 5.79. The number of benzene rings is 2. The topological polar surface area (TPSA) is 71.0 Å². The predicted octanol–water partition coefficient (Wildman–Crippen LogP) is 3.07. The molecule has 8 nitrogen and oxygen atoms in total. The van der Waals surface area contributed by atoms with Crippen molar-refractivity contribution in [1.29, 1.82) is 0 Å². The Labute approximate surface area is 193 Å². The standard InChI is InChI=1S/C25H27N5O3/c31-24(20-6-8-22(9-7-20)33-21-4-2-1-3-5-21)29-14-12-28(13-15-29)23-10-11-26-25(27-23)30-16-18-32-19-17-30/h1-11H,12-19H2. The highest BCUT2D eigenvalue weighted by molar-refractivity contribution is 5.94. The van der Waals surface area contributed by atoms with Crippen LogP contribution >= 0.6 is 0 Å². The molecule has 5 rings (SSSR count). The van der Waals surface area contributed by atoms with Crippen LogP contribution in [0.15, 0.2) is 66.9 Å². The van der Waals surface area contributed by atoms with Gasteiger partial charge in [-0.1, -0.05) is 18.2 Å². The monoisotopic (exact) mass is 445 g/mol. The van der Waals surface area contributed by atoms with Gasteiger partial charge in [-0.05, 0) is 42.5 Å². The first-order valence-electron chi connectivity index (χ1n) is 11.3. The molecule has 3 aromatic rings. The molecule has 0 spiro atoms. The molecule has 2 fully saturated rings. The van der Waals surface area contributed by atoms with E-state index in [1.54, 1.807) is 0 Å². The average molecular weight is 446 g/mol. The quantitative estimate of drug-likeness (QED) is 0.598. The number of carbonyl (C=O) groups excluding carboxylic acids is 1. The molecule has 8 heteroatoms. The summed E-state index contributed by atoms with van der Waals surface area (Å²) in [7, 11) is 0. The zero-order valence-corrected chi connectivity index (χ0v) is 18.5. The van der Waals surface area contributed by atoms with Crippen LogP contribution in [0.5, 0.6) is 11.5 Å². The molecule has 0 atom stereocenters. The molecule has 2 aliphatic heterocycles. The molecule has 0 aliphatic carbocycles. The molecule has 0 radical (unpaired) electrons. The molecule has 33 heavy (non-hydrogen) atoms. The lowest BCUT2D eigenvalue weighted by Crippen LogP contribution is -2.49. The predicted molar refractivity (Wildman–Crippen MR) is 126 cm³/mol. The van der Waals surface area contributed by atoms with Gasteiger partial charge in [-0.3, -0.25) is 4.79 Å². The van der Waals surface area contributed by atoms with Crippen molar-refractivity contribution >= 4 is 17.7 Å². The van der Waals surface area contributed by atoms with Crippen molar-refractivity contribution in [3.63, 3.8) is 0 Å². The van der Waals surface area contributed by atoms with E-state index in [1.165, 1.54) is 0 Å². The number of ether oxygens (including phenoxy) is 2. The van der Waals surface area contributed by atoms with Gasteiger partial charge in [0, 0.05) is 51.0 Å². The minimum Gasteiger partial charge on any atom is -0.457 e. The van der Waals surface area contributed by atoms with Gasteiger partial charge in [-0.15, -0.1) is 0 Å². The van der Waals surface area contributed by atoms with Gasteiger partial charge in [-0.25, -0.2) is 4.98 Å². The van der Waals surface area contributed by atoms with Gasteiger partial charge < -0.3 is 24.2 Å². The van der Waals surface area contributed by atoms with Gasteiger partial charge in [0.15, 0.2) is 0 Å². The number of hydrogen-bond donors (Lipinski definition) is 0. The lowest BCUT2D eigenvalue weighted by atomic mass is 10.1. The summed E-state index contributed by atoms with van der Waals surface area (Å²) in [4.78, 5) is 28.4. The van der Waals surface area contributed by atoms with Crippen molar-refractivity contribution in [2.45, 2.75) is 0 Å². The second-order valence-corrected chi connectivity index (χ2v) is 8.03. The van der Waals surface area contributed by atoms with E-state index < -0.39 is 0 Å². The maximum Gasteiger partial charge on any atom is 0.253 e. The van der Waals surface area contributed by atoms with Crippen LogP contribution < -0.4 is 14.5 Å². The average Bonchev–Trinajstić information content (AvgIpc) is 2.90. The minimum atomic E-state index is 0.0394. The zero-order chi connectivity index (χ0) is 22.5. The molecular weight excluding hydrogens is 418 g/mol. The number of carbonyl (C=O) groups is 1. The summed E-state index contributed by atoms with van der Waals surface area (Å²) in [6, 6.07) is 18.9. The Morgan fingerprint density at radius 1 is 0.788 bits per heavy atom. The minimum absolute atomic E-state index is 0.0394. The number of nitrogens with zero attached hydrogens (tertiary/aromatic N) is 5. The number of anilines is 2. The third-order valence-corrected chi connectivity index (χ3v) is 5.89. The molecule has 2 aliphatic rings. The molecule has 170 valence electrons. The summed E-state index contributed by atoms with van der Waals surface area (Å²) in [5.41, 5.74) is 0.667. The Morgan fingerprint density at radius 3 is 2.21 bits per heavy atom. The summed E-state index contributed by atoms with van der Waals surface area (Å²) < 4.78 is 11.2. The molecule has 1 aromatic heterocycles. The van der Waals surface area contributed by atoms with Gasteiger partial charge in [0.05, 0.1) is 13.2 Å². The van der Waals surface area contributed by atoms with Crippen LogP contribution in [0.25, 0.3) is 0 Å². The molecular formula is C25H27N5O3. The van der Waals surface area contributed by atoms with E-state index in [0.29, 0.717) is 37.6 Å². The highest BCUT2D eigenvalue weighted by Crippen LogP contribution is 2.22. The molecule has 0 bridgehead atoms. The second kappa shape index (κ2) is 9.87. The molecule has 3 heterocycles. The largest absolute Gasteiger partial charge is 0.457 e. The lowest BCUT2D eigenvalue weighted by molar-refractivity contribution is 0.0746. The highest BCUT2D eigenvalue weighted by atomic mass is 16.5. The van der Waals surface area contributed by atoms with Crippen LogP contribution in [0, 0.1) is 0 Å². The van der Waals surface area contributed by atoms with Crippen molar-refractivity contribution in [2.24, 2.45) is 0 Å². The number of amides is 1. The van der Waals surface area contributed by atoms with Gasteiger partial charge in [-0.2, -0.15) is 4.98 Å². The SMILES string of the molecule is O=C(c1ccc(Oc2ccccc2)cc1)N1CCN(c2ccnc(N3CCOCC3)n2)CC1. The van der Waals surface area contributed by atoms with Crippen molar-refractivity contribution in [3.8, 4) is 11.5 Å². The number of hydrogen-bond acceptors (Lipinski definition) is 7. The van der Waals surface area contributed by atoms with E-state index in [2.05, 4.69) is 14.8 Å². The molecule has 0 saturated carbocycles. The van der Waals surface area contributed by atoms with Crippen LogP contribution in [0.1, 0.15) is 10.4 Å². The van der Waals surface area contributed by atoms with Crippen LogP contribution in [-0.2, 0) is 4.74 Å². The fourth-order valence-corrected chi connectivity index (χ4v) is 4.04. The van der Waals surface area contributed by atoms with Gasteiger partial charge in [0.25, 0.3) is 5.91 Å². The highest BCUT2D eigenvalue weighted by Gasteiger charge is 2.24. The van der Waals surface area contributed by atoms with Crippen LogP contribution in [0.2, 0.25) is 0 Å². The molecule has 2 aromatic carbocycles. The van der Waals surface area contributed by atoms with E-state index in [9.17, 15) is 4.79 Å².